The van der Waals surface area contributed by atoms with Crippen LogP contribution in [0, 0.1) is 5.92 Å². The molecule has 0 radical (unpaired) electrons. The molecular weight excluding hydrogens is 400 g/mol. The number of nitrogens with zero attached hydrogens (tertiary/aromatic N) is 2. The molecule has 0 spiro atoms. The van der Waals surface area contributed by atoms with Gasteiger partial charge < -0.3 is 16.0 Å². The van der Waals surface area contributed by atoms with E-state index >= 15 is 0 Å². The summed E-state index contributed by atoms with van der Waals surface area (Å²) >= 11 is 0. The van der Waals surface area contributed by atoms with Gasteiger partial charge in [-0.15, -0.1) is 0 Å². The average Bonchev–Trinajstić information content (AvgIpc) is 3.33. The molecule has 2 heterocycles. The minimum absolute atomic E-state index is 0.0108. The van der Waals surface area contributed by atoms with Crippen molar-refractivity contribution in [2.24, 2.45) is 11.7 Å². The molecule has 1 aliphatic heterocycles. The summed E-state index contributed by atoms with van der Waals surface area (Å²) in [5.41, 5.74) is 8.10. The van der Waals surface area contributed by atoms with E-state index in [2.05, 4.69) is 22.4 Å². The first-order valence-corrected chi connectivity index (χ1v) is 11.9. The fraction of sp³-hybridized carbons (Fsp3) is 0.500. The van der Waals surface area contributed by atoms with E-state index in [9.17, 15) is 9.59 Å². The fourth-order valence-corrected chi connectivity index (χ4v) is 5.08. The van der Waals surface area contributed by atoms with Gasteiger partial charge in [-0.2, -0.15) is 0 Å². The zero-order valence-corrected chi connectivity index (χ0v) is 18.7. The van der Waals surface area contributed by atoms with Gasteiger partial charge in [0.1, 0.15) is 6.04 Å². The first kappa shape index (κ1) is 22.5. The van der Waals surface area contributed by atoms with Crippen LogP contribution in [-0.4, -0.2) is 46.9 Å². The van der Waals surface area contributed by atoms with Crippen molar-refractivity contribution in [2.75, 3.05) is 13.1 Å². The number of likely N-dealkylation sites (tertiary alicyclic amines) is 1. The van der Waals surface area contributed by atoms with Crippen LogP contribution in [0.4, 0.5) is 0 Å². The van der Waals surface area contributed by atoms with Gasteiger partial charge in [-0.05, 0) is 61.6 Å². The van der Waals surface area contributed by atoms with Gasteiger partial charge in [0.05, 0.1) is 0 Å². The molecule has 0 unspecified atom stereocenters. The van der Waals surface area contributed by atoms with Crippen LogP contribution >= 0.6 is 0 Å². The second-order valence-electron chi connectivity index (χ2n) is 9.22. The predicted octanol–water partition coefficient (Wildman–Crippen LogP) is 3.23. The Morgan fingerprint density at radius 3 is 2.50 bits per heavy atom. The summed E-state index contributed by atoms with van der Waals surface area (Å²) in [4.78, 5) is 32.4. The Balaban J connectivity index is 1.40. The third-order valence-electron chi connectivity index (χ3n) is 7.00. The quantitative estimate of drug-likeness (QED) is 0.700. The van der Waals surface area contributed by atoms with E-state index in [1.165, 1.54) is 0 Å². The summed E-state index contributed by atoms with van der Waals surface area (Å²) < 4.78 is 0. The largest absolute Gasteiger partial charge is 0.354 e. The zero-order valence-electron chi connectivity index (χ0n) is 18.7. The van der Waals surface area contributed by atoms with Gasteiger partial charge in [0, 0.05) is 43.9 Å². The third kappa shape index (κ3) is 5.54. The van der Waals surface area contributed by atoms with Crippen LogP contribution in [0.15, 0.2) is 54.9 Å². The maximum atomic E-state index is 13.4. The first-order chi connectivity index (χ1) is 15.6. The Kier molecular flexibility index (Phi) is 7.53. The number of nitrogens with one attached hydrogen (secondary N) is 1. The van der Waals surface area contributed by atoms with E-state index in [0.29, 0.717) is 31.5 Å². The number of benzene rings is 1. The average molecular weight is 435 g/mol. The Labute approximate surface area is 190 Å². The smallest absolute Gasteiger partial charge is 0.242 e. The summed E-state index contributed by atoms with van der Waals surface area (Å²) in [6.07, 6.45) is 9.70. The normalized spacial score (nSPS) is 24.2. The maximum Gasteiger partial charge on any atom is 0.242 e. The topological polar surface area (TPSA) is 88.3 Å². The SMILES string of the molecule is NC1CCC(CNC(=O)[C@@H]2CCCN2C(=O)C[C@@H](c2ccccc2)c2cccnc2)CC1. The van der Waals surface area contributed by atoms with Crippen LogP contribution in [0.1, 0.15) is 62.0 Å². The van der Waals surface area contributed by atoms with Crippen molar-refractivity contribution in [1.29, 1.82) is 0 Å². The lowest BCUT2D eigenvalue weighted by atomic mass is 9.86. The van der Waals surface area contributed by atoms with Gasteiger partial charge in [0.15, 0.2) is 0 Å². The summed E-state index contributed by atoms with van der Waals surface area (Å²) in [5.74, 6) is 0.442. The summed E-state index contributed by atoms with van der Waals surface area (Å²) in [5, 5.41) is 3.13. The van der Waals surface area contributed by atoms with Gasteiger partial charge >= 0.3 is 0 Å². The molecular formula is C26H34N4O2. The molecule has 1 aliphatic carbocycles. The molecule has 1 saturated heterocycles. The molecule has 0 bridgehead atoms. The highest BCUT2D eigenvalue weighted by Gasteiger charge is 2.35. The molecule has 170 valence electrons. The lowest BCUT2D eigenvalue weighted by molar-refractivity contribution is -0.138. The van der Waals surface area contributed by atoms with E-state index in [1.807, 2.05) is 36.5 Å². The Bertz CT molecular complexity index is 842. The highest BCUT2D eigenvalue weighted by molar-refractivity contribution is 5.88. The van der Waals surface area contributed by atoms with E-state index < -0.39 is 0 Å². The zero-order chi connectivity index (χ0) is 22.3. The minimum atomic E-state index is -0.362. The summed E-state index contributed by atoms with van der Waals surface area (Å²) in [7, 11) is 0. The number of hydrogen-bond acceptors (Lipinski definition) is 4. The molecule has 4 rings (SSSR count). The van der Waals surface area contributed by atoms with Gasteiger partial charge in [-0.25, -0.2) is 0 Å². The lowest BCUT2D eigenvalue weighted by Gasteiger charge is -2.29. The number of rotatable bonds is 7. The number of amides is 2. The lowest BCUT2D eigenvalue weighted by Crippen LogP contribution is -2.47. The molecule has 1 aromatic heterocycles. The maximum absolute atomic E-state index is 13.4. The Morgan fingerprint density at radius 1 is 1.03 bits per heavy atom. The van der Waals surface area contributed by atoms with Crippen LogP contribution in [0.3, 0.4) is 0 Å². The number of hydrogen-bond donors (Lipinski definition) is 2. The van der Waals surface area contributed by atoms with Gasteiger partial charge in [0.25, 0.3) is 0 Å². The van der Waals surface area contributed by atoms with Crippen molar-refractivity contribution in [3.05, 3.63) is 66.0 Å². The number of nitrogens with two attached hydrogens (primary N) is 1. The van der Waals surface area contributed by atoms with Gasteiger partial charge in [-0.1, -0.05) is 36.4 Å². The third-order valence-corrected chi connectivity index (χ3v) is 7.00. The van der Waals surface area contributed by atoms with Crippen molar-refractivity contribution < 1.29 is 9.59 Å². The van der Waals surface area contributed by atoms with Crippen LogP contribution in [0.5, 0.6) is 0 Å². The van der Waals surface area contributed by atoms with E-state index in [0.717, 1.165) is 49.7 Å². The second-order valence-corrected chi connectivity index (χ2v) is 9.22. The molecule has 1 saturated carbocycles. The van der Waals surface area contributed by atoms with E-state index in [4.69, 9.17) is 5.73 Å². The Morgan fingerprint density at radius 2 is 1.78 bits per heavy atom. The molecule has 32 heavy (non-hydrogen) atoms. The molecule has 2 fully saturated rings. The molecule has 6 heteroatoms. The fourth-order valence-electron chi connectivity index (χ4n) is 5.08. The van der Waals surface area contributed by atoms with Crippen LogP contribution in [0.2, 0.25) is 0 Å². The van der Waals surface area contributed by atoms with Crippen molar-refractivity contribution >= 4 is 11.8 Å². The van der Waals surface area contributed by atoms with Crippen molar-refractivity contribution in [2.45, 2.75) is 62.9 Å². The molecule has 2 amide bonds. The first-order valence-electron chi connectivity index (χ1n) is 11.9. The molecule has 6 nitrogen and oxygen atoms in total. The van der Waals surface area contributed by atoms with Gasteiger partial charge in [0.2, 0.25) is 11.8 Å². The van der Waals surface area contributed by atoms with Crippen LogP contribution in [-0.2, 0) is 9.59 Å². The number of carbonyl (C=O) groups is 2. The van der Waals surface area contributed by atoms with Crippen molar-refractivity contribution in [1.82, 2.24) is 15.2 Å². The Hall–Kier alpha value is -2.73. The molecule has 2 atom stereocenters. The van der Waals surface area contributed by atoms with Crippen LogP contribution < -0.4 is 11.1 Å². The highest BCUT2D eigenvalue weighted by Crippen LogP contribution is 2.30. The second kappa shape index (κ2) is 10.7. The molecule has 1 aromatic carbocycles. The highest BCUT2D eigenvalue weighted by atomic mass is 16.2. The number of carbonyl (C=O) groups excluding carboxylic acids is 2. The van der Waals surface area contributed by atoms with E-state index in [1.54, 1.807) is 11.1 Å². The van der Waals surface area contributed by atoms with Gasteiger partial charge in [-0.3, -0.25) is 14.6 Å². The van der Waals surface area contributed by atoms with Crippen LogP contribution in [0.25, 0.3) is 0 Å². The van der Waals surface area contributed by atoms with Crippen molar-refractivity contribution in [3.63, 3.8) is 0 Å². The van der Waals surface area contributed by atoms with Crippen molar-refractivity contribution in [3.8, 4) is 0 Å². The summed E-state index contributed by atoms with van der Waals surface area (Å²) in [6.45, 7) is 1.33. The molecule has 2 aromatic rings. The standard InChI is InChI=1S/C26H34N4O2/c27-22-12-10-19(11-13-22)17-29-26(32)24-9-5-15-30(24)25(31)16-23(20-6-2-1-3-7-20)21-8-4-14-28-18-21/h1-4,6-8,14,18-19,22-24H,5,9-13,15-17,27H2,(H,29,32)/t19?,22?,23-,24-/m0/s1. The monoisotopic (exact) mass is 434 g/mol. The minimum Gasteiger partial charge on any atom is -0.354 e. The molecule has 2 aliphatic rings. The van der Waals surface area contributed by atoms with E-state index in [-0.39, 0.29) is 23.8 Å². The summed E-state index contributed by atoms with van der Waals surface area (Å²) in [6, 6.07) is 13.9. The number of aromatic nitrogens is 1. The molecule has 3 N–H and O–H groups in total. The number of pyridine rings is 1. The predicted molar refractivity (Wildman–Crippen MR) is 125 cm³/mol.